The molecule has 0 aliphatic carbocycles. The number of methoxy groups -OCH3 is 2. The van der Waals surface area contributed by atoms with Gasteiger partial charge in [-0.15, -0.1) is 0 Å². The Kier molecular flexibility index (Phi) is 4.27. The first-order chi connectivity index (χ1) is 10.0. The number of hydrogen-bond acceptors (Lipinski definition) is 4. The number of anilines is 2. The van der Waals surface area contributed by atoms with Gasteiger partial charge in [-0.05, 0) is 36.4 Å². The SMILES string of the molecule is COc1ccc(C(=O)Nc2cc(N)ccc2F)cc1OC. The van der Waals surface area contributed by atoms with E-state index in [9.17, 15) is 9.18 Å². The highest BCUT2D eigenvalue weighted by Crippen LogP contribution is 2.28. The number of rotatable bonds is 4. The summed E-state index contributed by atoms with van der Waals surface area (Å²) in [4.78, 5) is 12.1. The number of nitrogen functional groups attached to an aromatic ring is 1. The van der Waals surface area contributed by atoms with Crippen LogP contribution in [0.4, 0.5) is 15.8 Å². The van der Waals surface area contributed by atoms with Gasteiger partial charge in [0, 0.05) is 11.3 Å². The van der Waals surface area contributed by atoms with Crippen molar-refractivity contribution in [2.75, 3.05) is 25.3 Å². The minimum Gasteiger partial charge on any atom is -0.493 e. The van der Waals surface area contributed by atoms with Crippen LogP contribution in [-0.2, 0) is 0 Å². The van der Waals surface area contributed by atoms with Crippen LogP contribution in [0.3, 0.4) is 0 Å². The van der Waals surface area contributed by atoms with Gasteiger partial charge in [0.1, 0.15) is 5.82 Å². The van der Waals surface area contributed by atoms with E-state index in [-0.39, 0.29) is 5.69 Å². The first kappa shape index (κ1) is 14.6. The zero-order valence-corrected chi connectivity index (χ0v) is 11.6. The molecule has 0 aliphatic heterocycles. The molecule has 0 heterocycles. The van der Waals surface area contributed by atoms with Gasteiger partial charge in [-0.2, -0.15) is 0 Å². The molecule has 0 saturated heterocycles. The molecule has 2 aromatic rings. The van der Waals surface area contributed by atoms with Crippen molar-refractivity contribution in [3.8, 4) is 11.5 Å². The van der Waals surface area contributed by atoms with E-state index < -0.39 is 11.7 Å². The lowest BCUT2D eigenvalue weighted by Gasteiger charge is -2.10. The highest BCUT2D eigenvalue weighted by molar-refractivity contribution is 6.04. The van der Waals surface area contributed by atoms with Gasteiger partial charge in [0.2, 0.25) is 0 Å². The van der Waals surface area contributed by atoms with Crippen LogP contribution in [0, 0.1) is 5.82 Å². The fourth-order valence-corrected chi connectivity index (χ4v) is 1.81. The van der Waals surface area contributed by atoms with Crippen LogP contribution < -0.4 is 20.5 Å². The molecule has 0 radical (unpaired) electrons. The fourth-order valence-electron chi connectivity index (χ4n) is 1.81. The lowest BCUT2D eigenvalue weighted by atomic mass is 10.1. The van der Waals surface area contributed by atoms with Crippen molar-refractivity contribution in [1.82, 2.24) is 0 Å². The van der Waals surface area contributed by atoms with E-state index in [4.69, 9.17) is 15.2 Å². The Morgan fingerprint density at radius 3 is 2.48 bits per heavy atom. The van der Waals surface area contributed by atoms with Crippen LogP contribution in [-0.4, -0.2) is 20.1 Å². The minimum atomic E-state index is -0.557. The van der Waals surface area contributed by atoms with Crippen LogP contribution >= 0.6 is 0 Å². The van der Waals surface area contributed by atoms with Crippen LogP contribution in [0.25, 0.3) is 0 Å². The van der Waals surface area contributed by atoms with Crippen LogP contribution in [0.1, 0.15) is 10.4 Å². The second-order valence-corrected chi connectivity index (χ2v) is 4.26. The fraction of sp³-hybridized carbons (Fsp3) is 0.133. The van der Waals surface area contributed by atoms with E-state index in [1.165, 1.54) is 38.5 Å². The monoisotopic (exact) mass is 290 g/mol. The Hall–Kier alpha value is -2.76. The van der Waals surface area contributed by atoms with E-state index in [1.807, 2.05) is 0 Å². The van der Waals surface area contributed by atoms with Crippen LogP contribution in [0.5, 0.6) is 11.5 Å². The summed E-state index contributed by atoms with van der Waals surface area (Å²) in [6.07, 6.45) is 0. The Morgan fingerprint density at radius 1 is 1.10 bits per heavy atom. The summed E-state index contributed by atoms with van der Waals surface area (Å²) in [5, 5.41) is 2.47. The molecular formula is C15H15FN2O3. The van der Waals surface area contributed by atoms with Gasteiger partial charge in [-0.25, -0.2) is 4.39 Å². The number of ether oxygens (including phenoxy) is 2. The summed E-state index contributed by atoms with van der Waals surface area (Å²) in [5.41, 5.74) is 6.27. The number of halogens is 1. The Morgan fingerprint density at radius 2 is 1.81 bits per heavy atom. The number of hydrogen-bond donors (Lipinski definition) is 2. The maximum absolute atomic E-state index is 13.6. The summed E-state index contributed by atoms with van der Waals surface area (Å²) in [7, 11) is 2.97. The van der Waals surface area contributed by atoms with E-state index >= 15 is 0 Å². The van der Waals surface area contributed by atoms with E-state index in [1.54, 1.807) is 12.1 Å². The van der Waals surface area contributed by atoms with E-state index in [2.05, 4.69) is 5.32 Å². The normalized spacial score (nSPS) is 10.0. The van der Waals surface area contributed by atoms with Crippen molar-refractivity contribution >= 4 is 17.3 Å². The summed E-state index contributed by atoms with van der Waals surface area (Å²) >= 11 is 0. The molecule has 0 fully saturated rings. The molecule has 21 heavy (non-hydrogen) atoms. The number of carbonyl (C=O) groups is 1. The third kappa shape index (κ3) is 3.22. The summed E-state index contributed by atoms with van der Waals surface area (Å²) in [6, 6.07) is 8.64. The molecule has 0 spiro atoms. The second kappa shape index (κ2) is 6.13. The zero-order chi connectivity index (χ0) is 15.4. The van der Waals surface area contributed by atoms with Crippen molar-refractivity contribution in [2.24, 2.45) is 0 Å². The average Bonchev–Trinajstić information content (AvgIpc) is 2.50. The molecule has 2 aromatic carbocycles. The number of nitrogens with two attached hydrogens (primary N) is 1. The molecule has 0 saturated carbocycles. The van der Waals surface area contributed by atoms with Crippen LogP contribution in [0.15, 0.2) is 36.4 Å². The number of amides is 1. The molecule has 5 nitrogen and oxygen atoms in total. The third-order valence-electron chi connectivity index (χ3n) is 2.88. The summed E-state index contributed by atoms with van der Waals surface area (Å²) in [6.45, 7) is 0. The predicted octanol–water partition coefficient (Wildman–Crippen LogP) is 2.68. The topological polar surface area (TPSA) is 73.6 Å². The second-order valence-electron chi connectivity index (χ2n) is 4.26. The van der Waals surface area contributed by atoms with Gasteiger partial charge in [0.25, 0.3) is 5.91 Å². The molecule has 0 unspecified atom stereocenters. The maximum Gasteiger partial charge on any atom is 0.255 e. The van der Waals surface area contributed by atoms with E-state index in [0.29, 0.717) is 22.7 Å². The average molecular weight is 290 g/mol. The molecule has 6 heteroatoms. The van der Waals surface area contributed by atoms with Crippen molar-refractivity contribution in [3.05, 3.63) is 47.8 Å². The van der Waals surface area contributed by atoms with Crippen molar-refractivity contribution in [2.45, 2.75) is 0 Å². The standard InChI is InChI=1S/C15H15FN2O3/c1-20-13-6-3-9(7-14(13)21-2)15(19)18-12-8-10(17)4-5-11(12)16/h3-8H,17H2,1-2H3,(H,18,19). The Balaban J connectivity index is 2.26. The molecule has 110 valence electrons. The van der Waals surface area contributed by atoms with Gasteiger partial charge < -0.3 is 20.5 Å². The quantitative estimate of drug-likeness (QED) is 0.849. The lowest BCUT2D eigenvalue weighted by Crippen LogP contribution is -2.13. The largest absolute Gasteiger partial charge is 0.493 e. The Bertz CT molecular complexity index is 674. The first-order valence-corrected chi connectivity index (χ1v) is 6.13. The third-order valence-corrected chi connectivity index (χ3v) is 2.88. The molecular weight excluding hydrogens is 275 g/mol. The maximum atomic E-state index is 13.6. The molecule has 2 rings (SSSR count). The minimum absolute atomic E-state index is 0.0229. The van der Waals surface area contributed by atoms with Gasteiger partial charge >= 0.3 is 0 Å². The predicted molar refractivity (Wildman–Crippen MR) is 78.3 cm³/mol. The molecule has 0 bridgehead atoms. The Labute approximate surface area is 121 Å². The molecule has 1 amide bonds. The van der Waals surface area contributed by atoms with Gasteiger partial charge in [0.05, 0.1) is 19.9 Å². The van der Waals surface area contributed by atoms with E-state index in [0.717, 1.165) is 0 Å². The first-order valence-electron chi connectivity index (χ1n) is 6.13. The highest BCUT2D eigenvalue weighted by atomic mass is 19.1. The summed E-state index contributed by atoms with van der Waals surface area (Å²) < 4.78 is 23.8. The van der Waals surface area contributed by atoms with Gasteiger partial charge in [-0.3, -0.25) is 4.79 Å². The van der Waals surface area contributed by atoms with Gasteiger partial charge in [-0.1, -0.05) is 0 Å². The molecule has 3 N–H and O–H groups in total. The molecule has 0 aromatic heterocycles. The summed E-state index contributed by atoms with van der Waals surface area (Å²) in [5.74, 6) is -0.110. The van der Waals surface area contributed by atoms with Crippen molar-refractivity contribution < 1.29 is 18.7 Å². The number of nitrogens with one attached hydrogen (secondary N) is 1. The smallest absolute Gasteiger partial charge is 0.255 e. The van der Waals surface area contributed by atoms with Gasteiger partial charge in [0.15, 0.2) is 11.5 Å². The number of carbonyl (C=O) groups excluding carboxylic acids is 1. The molecule has 0 atom stereocenters. The van der Waals surface area contributed by atoms with Crippen molar-refractivity contribution in [3.63, 3.8) is 0 Å². The lowest BCUT2D eigenvalue weighted by molar-refractivity contribution is 0.102. The highest BCUT2D eigenvalue weighted by Gasteiger charge is 2.13. The van der Waals surface area contributed by atoms with Crippen molar-refractivity contribution in [1.29, 1.82) is 0 Å². The zero-order valence-electron chi connectivity index (χ0n) is 11.6. The molecule has 0 aliphatic rings. The van der Waals surface area contributed by atoms with Crippen LogP contribution in [0.2, 0.25) is 0 Å². The number of benzene rings is 2.